The van der Waals surface area contributed by atoms with Gasteiger partial charge in [0.05, 0.1) is 17.0 Å². The third-order valence-corrected chi connectivity index (χ3v) is 4.02. The molecule has 2 heterocycles. The molecule has 6 heteroatoms. The second kappa shape index (κ2) is 5.56. The minimum absolute atomic E-state index is 0.0996. The lowest BCUT2D eigenvalue weighted by atomic mass is 9.94. The van der Waals surface area contributed by atoms with Gasteiger partial charge in [-0.05, 0) is 18.2 Å². The SMILES string of the molecule is N#CC(=C1c2cccnc2-c2ncccc21)c1cc(F)c(F)cc1F. The molecule has 0 radical (unpaired) electrons. The molecule has 120 valence electrons. The number of fused-ring (bicyclic) bond motifs is 3. The third-order valence-electron chi connectivity index (χ3n) is 4.02. The molecule has 0 fully saturated rings. The lowest BCUT2D eigenvalue weighted by molar-refractivity contribution is 0.494. The number of hydrogen-bond donors (Lipinski definition) is 0. The Morgan fingerprint density at radius 2 is 1.40 bits per heavy atom. The molecule has 0 saturated heterocycles. The quantitative estimate of drug-likeness (QED) is 0.384. The summed E-state index contributed by atoms with van der Waals surface area (Å²) >= 11 is 0. The molecule has 0 aliphatic heterocycles. The number of rotatable bonds is 1. The van der Waals surface area contributed by atoms with Crippen molar-refractivity contribution in [2.24, 2.45) is 0 Å². The highest BCUT2D eigenvalue weighted by molar-refractivity contribution is 6.11. The Labute approximate surface area is 140 Å². The molecular formula is C19H8F3N3. The number of allylic oxidation sites excluding steroid dienone is 1. The molecule has 0 saturated carbocycles. The van der Waals surface area contributed by atoms with Gasteiger partial charge in [0.1, 0.15) is 11.9 Å². The molecular weight excluding hydrogens is 327 g/mol. The van der Waals surface area contributed by atoms with Gasteiger partial charge in [-0.1, -0.05) is 12.1 Å². The average Bonchev–Trinajstić information content (AvgIpc) is 2.95. The van der Waals surface area contributed by atoms with Crippen LogP contribution in [0.4, 0.5) is 13.2 Å². The highest BCUT2D eigenvalue weighted by atomic mass is 19.2. The van der Waals surface area contributed by atoms with Gasteiger partial charge >= 0.3 is 0 Å². The van der Waals surface area contributed by atoms with E-state index in [2.05, 4.69) is 9.97 Å². The Kier molecular flexibility index (Phi) is 3.36. The van der Waals surface area contributed by atoms with Gasteiger partial charge < -0.3 is 0 Å². The summed E-state index contributed by atoms with van der Waals surface area (Å²) in [5.74, 6) is -3.54. The Hall–Kier alpha value is -3.46. The standard InChI is InChI=1S/C19H8F3N3/c20-14-8-16(22)15(21)7-12(14)13(9-23)17-10-3-1-5-24-18(10)19-11(17)4-2-6-25-19/h1-8H. The minimum Gasteiger partial charge on any atom is -0.254 e. The van der Waals surface area contributed by atoms with E-state index in [0.29, 0.717) is 40.2 Å². The van der Waals surface area contributed by atoms with Crippen molar-refractivity contribution < 1.29 is 13.2 Å². The van der Waals surface area contributed by atoms with Gasteiger partial charge in [0.15, 0.2) is 11.6 Å². The van der Waals surface area contributed by atoms with Crippen molar-refractivity contribution in [1.29, 1.82) is 5.26 Å². The first-order valence-electron chi connectivity index (χ1n) is 7.32. The lowest BCUT2D eigenvalue weighted by Crippen LogP contribution is -1.97. The van der Waals surface area contributed by atoms with Crippen LogP contribution < -0.4 is 0 Å². The zero-order valence-electron chi connectivity index (χ0n) is 12.6. The summed E-state index contributed by atoms with van der Waals surface area (Å²) in [7, 11) is 0. The molecule has 0 amide bonds. The highest BCUT2D eigenvalue weighted by Crippen LogP contribution is 2.45. The average molecular weight is 335 g/mol. The maximum absolute atomic E-state index is 14.2. The molecule has 0 N–H and O–H groups in total. The summed E-state index contributed by atoms with van der Waals surface area (Å²) in [5, 5.41) is 9.64. The summed E-state index contributed by atoms with van der Waals surface area (Å²) < 4.78 is 41.1. The van der Waals surface area contributed by atoms with E-state index in [0.717, 1.165) is 0 Å². The van der Waals surface area contributed by atoms with Crippen molar-refractivity contribution >= 4 is 11.1 Å². The van der Waals surface area contributed by atoms with Crippen LogP contribution >= 0.6 is 0 Å². The van der Waals surface area contributed by atoms with E-state index in [1.165, 1.54) is 0 Å². The van der Waals surface area contributed by atoms with Crippen LogP contribution in [0, 0.1) is 28.8 Å². The van der Waals surface area contributed by atoms with E-state index in [4.69, 9.17) is 0 Å². The van der Waals surface area contributed by atoms with Crippen LogP contribution in [-0.2, 0) is 0 Å². The van der Waals surface area contributed by atoms with Crippen LogP contribution in [0.3, 0.4) is 0 Å². The van der Waals surface area contributed by atoms with Crippen LogP contribution in [-0.4, -0.2) is 9.97 Å². The molecule has 25 heavy (non-hydrogen) atoms. The molecule has 3 nitrogen and oxygen atoms in total. The highest BCUT2D eigenvalue weighted by Gasteiger charge is 2.29. The number of hydrogen-bond acceptors (Lipinski definition) is 3. The smallest absolute Gasteiger partial charge is 0.161 e. The van der Waals surface area contributed by atoms with Crippen LogP contribution in [0.25, 0.3) is 22.5 Å². The Balaban J connectivity index is 2.11. The summed E-state index contributed by atoms with van der Waals surface area (Å²) in [4.78, 5) is 8.56. The van der Waals surface area contributed by atoms with E-state index in [9.17, 15) is 18.4 Å². The van der Waals surface area contributed by atoms with Gasteiger partial charge in [-0.3, -0.25) is 9.97 Å². The molecule has 0 atom stereocenters. The first kappa shape index (κ1) is 15.1. The number of benzene rings is 1. The molecule has 0 bridgehead atoms. The largest absolute Gasteiger partial charge is 0.254 e. The molecule has 3 aromatic rings. The van der Waals surface area contributed by atoms with Crippen LogP contribution in [0.1, 0.15) is 16.7 Å². The zero-order chi connectivity index (χ0) is 17.6. The van der Waals surface area contributed by atoms with Gasteiger partial charge in [-0.25, -0.2) is 13.2 Å². The van der Waals surface area contributed by atoms with Crippen molar-refractivity contribution in [3.8, 4) is 17.5 Å². The summed E-state index contributed by atoms with van der Waals surface area (Å²) in [6.45, 7) is 0. The first-order valence-corrected chi connectivity index (χ1v) is 7.32. The number of halogens is 3. The normalized spacial score (nSPS) is 11.7. The number of nitrogens with zero attached hydrogens (tertiary/aromatic N) is 3. The molecule has 2 aromatic heterocycles. The van der Waals surface area contributed by atoms with Gasteiger partial charge in [0.25, 0.3) is 0 Å². The van der Waals surface area contributed by atoms with Gasteiger partial charge in [0, 0.05) is 40.7 Å². The monoisotopic (exact) mass is 335 g/mol. The van der Waals surface area contributed by atoms with Gasteiger partial charge in [-0.2, -0.15) is 5.26 Å². The Morgan fingerprint density at radius 1 is 0.840 bits per heavy atom. The topological polar surface area (TPSA) is 49.6 Å². The first-order chi connectivity index (χ1) is 12.1. The molecule has 1 aliphatic rings. The predicted molar refractivity (Wildman–Crippen MR) is 85.3 cm³/mol. The number of pyridine rings is 2. The fourth-order valence-electron chi connectivity index (χ4n) is 2.97. The third kappa shape index (κ3) is 2.21. The van der Waals surface area contributed by atoms with Crippen LogP contribution in [0.2, 0.25) is 0 Å². The van der Waals surface area contributed by atoms with Crippen molar-refractivity contribution in [3.63, 3.8) is 0 Å². The van der Waals surface area contributed by atoms with Crippen molar-refractivity contribution in [3.05, 3.63) is 82.9 Å². The molecule has 0 unspecified atom stereocenters. The fourth-order valence-corrected chi connectivity index (χ4v) is 2.97. The lowest BCUT2D eigenvalue weighted by Gasteiger charge is -2.09. The van der Waals surface area contributed by atoms with Gasteiger partial charge in [-0.15, -0.1) is 0 Å². The molecule has 1 aliphatic carbocycles. The molecule has 0 spiro atoms. The fraction of sp³-hybridized carbons (Fsp3) is 0. The summed E-state index contributed by atoms with van der Waals surface area (Å²) in [6, 6.07) is 9.88. The van der Waals surface area contributed by atoms with Crippen molar-refractivity contribution in [2.75, 3.05) is 0 Å². The predicted octanol–water partition coefficient (Wildman–Crippen LogP) is 4.36. The Morgan fingerprint density at radius 3 is 1.96 bits per heavy atom. The number of aromatic nitrogens is 2. The molecule has 4 rings (SSSR count). The van der Waals surface area contributed by atoms with E-state index >= 15 is 0 Å². The zero-order valence-corrected chi connectivity index (χ0v) is 12.6. The van der Waals surface area contributed by atoms with Crippen molar-refractivity contribution in [2.45, 2.75) is 0 Å². The van der Waals surface area contributed by atoms with E-state index < -0.39 is 17.5 Å². The number of nitriles is 1. The van der Waals surface area contributed by atoms with Crippen LogP contribution in [0.5, 0.6) is 0 Å². The maximum Gasteiger partial charge on any atom is 0.161 e. The Bertz CT molecular complexity index is 1050. The molecule has 1 aromatic carbocycles. The summed E-state index contributed by atoms with van der Waals surface area (Å²) in [5.41, 5.74) is 2.31. The second-order valence-electron chi connectivity index (χ2n) is 5.41. The van der Waals surface area contributed by atoms with E-state index in [1.807, 2.05) is 6.07 Å². The van der Waals surface area contributed by atoms with E-state index in [1.54, 1.807) is 36.7 Å². The van der Waals surface area contributed by atoms with E-state index in [-0.39, 0.29) is 11.1 Å². The minimum atomic E-state index is -1.31. The van der Waals surface area contributed by atoms with Gasteiger partial charge in [0.2, 0.25) is 0 Å². The van der Waals surface area contributed by atoms with Crippen LogP contribution in [0.15, 0.2) is 48.8 Å². The maximum atomic E-state index is 14.2. The summed E-state index contributed by atoms with van der Waals surface area (Å²) in [6.07, 6.45) is 3.18. The van der Waals surface area contributed by atoms with Crippen molar-refractivity contribution in [1.82, 2.24) is 9.97 Å². The second-order valence-corrected chi connectivity index (χ2v) is 5.41.